The van der Waals surface area contributed by atoms with E-state index in [9.17, 15) is 9.59 Å². The fourth-order valence-corrected chi connectivity index (χ4v) is 4.20. The summed E-state index contributed by atoms with van der Waals surface area (Å²) in [5, 5.41) is 6.00. The highest BCUT2D eigenvalue weighted by atomic mass is 79.9. The van der Waals surface area contributed by atoms with Crippen LogP contribution in [-0.4, -0.2) is 17.9 Å². The van der Waals surface area contributed by atoms with Crippen molar-refractivity contribution in [3.8, 4) is 0 Å². The Morgan fingerprint density at radius 3 is 1.78 bits per heavy atom. The minimum Gasteiger partial charge on any atom is -0.343 e. The number of hydrogen-bond acceptors (Lipinski definition) is 2. The Morgan fingerprint density at radius 2 is 1.28 bits per heavy atom. The molecule has 0 heterocycles. The molecule has 32 heavy (non-hydrogen) atoms. The summed E-state index contributed by atoms with van der Waals surface area (Å²) >= 11 is 3.53. The summed E-state index contributed by atoms with van der Waals surface area (Å²) in [5.74, 6) is -1.02. The molecule has 5 heteroatoms. The normalized spacial score (nSPS) is 12.0. The minimum absolute atomic E-state index is 0.0866. The summed E-state index contributed by atoms with van der Waals surface area (Å²) in [5.41, 5.74) is 4.69. The molecule has 0 aliphatic heterocycles. The highest BCUT2D eigenvalue weighted by molar-refractivity contribution is 9.10. The molecule has 0 spiro atoms. The molecule has 4 nitrogen and oxygen atoms in total. The van der Waals surface area contributed by atoms with Gasteiger partial charge < -0.3 is 10.6 Å². The Balaban J connectivity index is 1.86. The van der Waals surface area contributed by atoms with Gasteiger partial charge in [-0.1, -0.05) is 74.5 Å². The van der Waals surface area contributed by atoms with Crippen molar-refractivity contribution in [2.75, 3.05) is 5.32 Å². The number of amides is 2. The van der Waals surface area contributed by atoms with Crippen LogP contribution in [0.3, 0.4) is 0 Å². The van der Waals surface area contributed by atoms with Crippen molar-refractivity contribution < 1.29 is 9.59 Å². The molecule has 0 bridgehead atoms. The standard InChI is InChI=1S/C27H29BrN2O2/c1-17(2)25(27(32)29-23-16-19(4)18(3)15-22(23)28)30-26(31)24(20-11-7-5-8-12-20)21-13-9-6-10-14-21/h5-17,24-25H,1-4H3,(H,29,32)(H,30,31). The van der Waals surface area contributed by atoms with Gasteiger partial charge in [0.2, 0.25) is 11.8 Å². The molecule has 0 radical (unpaired) electrons. The van der Waals surface area contributed by atoms with Crippen LogP contribution < -0.4 is 10.6 Å². The predicted molar refractivity (Wildman–Crippen MR) is 134 cm³/mol. The Labute approximate surface area is 198 Å². The topological polar surface area (TPSA) is 58.2 Å². The van der Waals surface area contributed by atoms with Crippen molar-refractivity contribution in [1.82, 2.24) is 5.32 Å². The molecule has 0 saturated heterocycles. The molecular weight excluding hydrogens is 464 g/mol. The molecule has 0 aromatic heterocycles. The summed E-state index contributed by atoms with van der Waals surface area (Å²) < 4.78 is 0.814. The molecule has 3 rings (SSSR count). The minimum atomic E-state index is -0.675. The van der Waals surface area contributed by atoms with Crippen molar-refractivity contribution in [1.29, 1.82) is 0 Å². The lowest BCUT2D eigenvalue weighted by Gasteiger charge is -2.25. The molecule has 2 amide bonds. The summed E-state index contributed by atoms with van der Waals surface area (Å²) in [6.07, 6.45) is 0. The lowest BCUT2D eigenvalue weighted by atomic mass is 9.89. The van der Waals surface area contributed by atoms with E-state index in [0.29, 0.717) is 5.69 Å². The molecule has 3 aromatic carbocycles. The first-order valence-corrected chi connectivity index (χ1v) is 11.5. The lowest BCUT2D eigenvalue weighted by Crippen LogP contribution is -2.48. The number of carbonyl (C=O) groups excluding carboxylic acids is 2. The van der Waals surface area contributed by atoms with E-state index in [0.717, 1.165) is 26.7 Å². The molecule has 1 atom stereocenters. The van der Waals surface area contributed by atoms with E-state index in [1.807, 2.05) is 100 Å². The zero-order chi connectivity index (χ0) is 23.3. The van der Waals surface area contributed by atoms with E-state index in [-0.39, 0.29) is 17.7 Å². The number of benzene rings is 3. The van der Waals surface area contributed by atoms with E-state index in [1.54, 1.807) is 0 Å². The van der Waals surface area contributed by atoms with E-state index < -0.39 is 12.0 Å². The van der Waals surface area contributed by atoms with Crippen LogP contribution in [0.4, 0.5) is 5.69 Å². The highest BCUT2D eigenvalue weighted by Crippen LogP contribution is 2.28. The van der Waals surface area contributed by atoms with Crippen LogP contribution in [-0.2, 0) is 9.59 Å². The van der Waals surface area contributed by atoms with Crippen molar-refractivity contribution in [3.63, 3.8) is 0 Å². The molecule has 2 N–H and O–H groups in total. The smallest absolute Gasteiger partial charge is 0.247 e. The summed E-state index contributed by atoms with van der Waals surface area (Å²) in [6.45, 7) is 7.89. The lowest BCUT2D eigenvalue weighted by molar-refractivity contribution is -0.127. The third kappa shape index (κ3) is 5.65. The van der Waals surface area contributed by atoms with Crippen LogP contribution >= 0.6 is 15.9 Å². The van der Waals surface area contributed by atoms with Gasteiger partial charge in [-0.05, 0) is 70.1 Å². The summed E-state index contributed by atoms with van der Waals surface area (Å²) in [7, 11) is 0. The second kappa shape index (κ2) is 10.6. The molecule has 166 valence electrons. The van der Waals surface area contributed by atoms with E-state index in [1.165, 1.54) is 0 Å². The number of anilines is 1. The van der Waals surface area contributed by atoms with Gasteiger partial charge in [0.15, 0.2) is 0 Å². The molecule has 0 aliphatic carbocycles. The van der Waals surface area contributed by atoms with Crippen LogP contribution in [0, 0.1) is 19.8 Å². The number of halogens is 1. The first kappa shape index (κ1) is 23.7. The second-order valence-corrected chi connectivity index (χ2v) is 9.24. The van der Waals surface area contributed by atoms with Gasteiger partial charge in [-0.15, -0.1) is 0 Å². The number of rotatable bonds is 7. The first-order chi connectivity index (χ1) is 15.3. The fourth-order valence-electron chi connectivity index (χ4n) is 3.64. The zero-order valence-electron chi connectivity index (χ0n) is 18.9. The number of aryl methyl sites for hydroxylation is 2. The number of nitrogens with one attached hydrogen (secondary N) is 2. The molecular formula is C27H29BrN2O2. The van der Waals surface area contributed by atoms with Crippen molar-refractivity contribution in [3.05, 3.63) is 99.5 Å². The van der Waals surface area contributed by atoms with Crippen LogP contribution in [0.15, 0.2) is 77.3 Å². The van der Waals surface area contributed by atoms with Gasteiger partial charge in [-0.25, -0.2) is 0 Å². The molecule has 0 saturated carbocycles. The molecule has 1 unspecified atom stereocenters. The maximum atomic E-state index is 13.5. The molecule has 0 fully saturated rings. The van der Waals surface area contributed by atoms with Gasteiger partial charge in [0.25, 0.3) is 0 Å². The monoisotopic (exact) mass is 492 g/mol. The third-order valence-corrected chi connectivity index (χ3v) is 6.27. The Kier molecular flexibility index (Phi) is 7.86. The highest BCUT2D eigenvalue weighted by Gasteiger charge is 2.30. The average Bonchev–Trinajstić information content (AvgIpc) is 2.77. The Bertz CT molecular complexity index is 1040. The van der Waals surface area contributed by atoms with Crippen molar-refractivity contribution in [2.45, 2.75) is 39.7 Å². The predicted octanol–water partition coefficient (Wildman–Crippen LogP) is 5.98. The van der Waals surface area contributed by atoms with Crippen molar-refractivity contribution >= 4 is 33.4 Å². The van der Waals surface area contributed by atoms with Crippen LogP contribution in [0.5, 0.6) is 0 Å². The van der Waals surface area contributed by atoms with E-state index in [2.05, 4.69) is 26.6 Å². The zero-order valence-corrected chi connectivity index (χ0v) is 20.4. The fraction of sp³-hybridized carbons (Fsp3) is 0.259. The number of hydrogen-bond donors (Lipinski definition) is 2. The van der Waals surface area contributed by atoms with Crippen LogP contribution in [0.2, 0.25) is 0 Å². The maximum absolute atomic E-state index is 13.5. The van der Waals surface area contributed by atoms with Gasteiger partial charge in [0.1, 0.15) is 6.04 Å². The van der Waals surface area contributed by atoms with Crippen molar-refractivity contribution in [2.24, 2.45) is 5.92 Å². The molecule has 0 aliphatic rings. The molecule has 3 aromatic rings. The first-order valence-electron chi connectivity index (χ1n) is 10.8. The Hall–Kier alpha value is -2.92. The maximum Gasteiger partial charge on any atom is 0.247 e. The van der Waals surface area contributed by atoms with E-state index >= 15 is 0 Å². The largest absolute Gasteiger partial charge is 0.343 e. The van der Waals surface area contributed by atoms with E-state index in [4.69, 9.17) is 0 Å². The van der Waals surface area contributed by atoms with Gasteiger partial charge in [-0.2, -0.15) is 0 Å². The van der Waals surface area contributed by atoms with Gasteiger partial charge in [0.05, 0.1) is 11.6 Å². The SMILES string of the molecule is Cc1cc(Br)c(NC(=O)C(NC(=O)C(c2ccccc2)c2ccccc2)C(C)C)cc1C. The van der Waals surface area contributed by atoms with Crippen LogP contribution in [0.25, 0.3) is 0 Å². The summed E-state index contributed by atoms with van der Waals surface area (Å²) in [6, 6.07) is 22.5. The van der Waals surface area contributed by atoms with Gasteiger partial charge in [-0.3, -0.25) is 9.59 Å². The van der Waals surface area contributed by atoms with Gasteiger partial charge >= 0.3 is 0 Å². The second-order valence-electron chi connectivity index (χ2n) is 8.39. The quantitative estimate of drug-likeness (QED) is 0.426. The third-order valence-electron chi connectivity index (χ3n) is 5.62. The van der Waals surface area contributed by atoms with Gasteiger partial charge in [0, 0.05) is 4.47 Å². The Morgan fingerprint density at radius 1 is 0.781 bits per heavy atom. The van der Waals surface area contributed by atoms with Crippen LogP contribution in [0.1, 0.15) is 42.0 Å². The summed E-state index contributed by atoms with van der Waals surface area (Å²) in [4.78, 5) is 26.7. The number of carbonyl (C=O) groups is 2. The average molecular weight is 493 g/mol.